The molecule has 0 aliphatic carbocycles. The van der Waals surface area contributed by atoms with Crippen molar-refractivity contribution in [2.75, 3.05) is 24.7 Å². The maximum absolute atomic E-state index is 11.0. The Bertz CT molecular complexity index is 464. The lowest BCUT2D eigenvalue weighted by atomic mass is 10.2. The second-order valence-electron chi connectivity index (χ2n) is 5.11. The molecule has 1 N–H and O–H groups in total. The topological polar surface area (TPSA) is 64.4 Å². The van der Waals surface area contributed by atoms with E-state index in [-0.39, 0.29) is 10.4 Å². The zero-order valence-electron chi connectivity index (χ0n) is 12.4. The summed E-state index contributed by atoms with van der Waals surface area (Å²) in [5, 5.41) is 14.3. The second-order valence-corrected chi connectivity index (χ2v) is 6.62. The Morgan fingerprint density at radius 1 is 1.45 bits per heavy atom. The first-order chi connectivity index (χ1) is 9.39. The molecule has 1 aromatic carbocycles. The summed E-state index contributed by atoms with van der Waals surface area (Å²) in [6.45, 7) is 7.50. The molecular formula is C14H22N2O3S. The molecule has 6 heteroatoms. The maximum Gasteiger partial charge on any atom is 0.311 e. The number of thioether (sulfide) groups is 1. The van der Waals surface area contributed by atoms with E-state index in [0.717, 1.165) is 18.7 Å². The van der Waals surface area contributed by atoms with E-state index in [4.69, 9.17) is 4.74 Å². The van der Waals surface area contributed by atoms with Gasteiger partial charge >= 0.3 is 5.69 Å². The molecule has 1 rings (SSSR count). The standard InChI is InChI=1S/C14H22N2O3S/c1-5-8-19-13-9-11(6-7-12(13)16(17)18)15-10-14(2,3)20-4/h6-7,9,15H,5,8,10H2,1-4H3. The number of hydrogen-bond acceptors (Lipinski definition) is 5. The largest absolute Gasteiger partial charge is 0.487 e. The lowest BCUT2D eigenvalue weighted by Gasteiger charge is -2.23. The Labute approximate surface area is 124 Å². The SMILES string of the molecule is CCCOc1cc(NCC(C)(C)SC)ccc1[N+](=O)[O-]. The number of benzene rings is 1. The van der Waals surface area contributed by atoms with E-state index < -0.39 is 4.92 Å². The molecule has 0 bridgehead atoms. The summed E-state index contributed by atoms with van der Waals surface area (Å²) in [5.74, 6) is 0.323. The lowest BCUT2D eigenvalue weighted by molar-refractivity contribution is -0.385. The third-order valence-corrected chi connectivity index (χ3v) is 4.14. The fraction of sp³-hybridized carbons (Fsp3) is 0.571. The third-order valence-electron chi connectivity index (χ3n) is 2.89. The molecule has 0 radical (unpaired) electrons. The molecule has 0 amide bonds. The first kappa shape index (κ1) is 16.6. The zero-order chi connectivity index (χ0) is 15.2. The zero-order valence-corrected chi connectivity index (χ0v) is 13.3. The molecule has 20 heavy (non-hydrogen) atoms. The van der Waals surface area contributed by atoms with Gasteiger partial charge in [0.05, 0.1) is 11.5 Å². The van der Waals surface area contributed by atoms with Crippen LogP contribution in [0.15, 0.2) is 18.2 Å². The van der Waals surface area contributed by atoms with Crippen molar-refractivity contribution in [1.29, 1.82) is 0 Å². The number of anilines is 1. The number of rotatable bonds is 8. The average molecular weight is 298 g/mol. The van der Waals surface area contributed by atoms with Gasteiger partial charge in [-0.1, -0.05) is 6.92 Å². The van der Waals surface area contributed by atoms with Gasteiger partial charge in [0.2, 0.25) is 0 Å². The molecule has 112 valence electrons. The van der Waals surface area contributed by atoms with E-state index in [9.17, 15) is 10.1 Å². The van der Waals surface area contributed by atoms with Crippen LogP contribution in [0.5, 0.6) is 5.75 Å². The van der Waals surface area contributed by atoms with Gasteiger partial charge in [-0.15, -0.1) is 0 Å². The Morgan fingerprint density at radius 3 is 2.70 bits per heavy atom. The molecule has 0 aliphatic heterocycles. The molecule has 0 aromatic heterocycles. The van der Waals surface area contributed by atoms with Gasteiger partial charge in [0, 0.05) is 29.1 Å². The summed E-state index contributed by atoms with van der Waals surface area (Å²) >= 11 is 1.77. The normalized spacial score (nSPS) is 11.2. The molecule has 0 saturated heterocycles. The number of nitrogens with zero attached hydrogens (tertiary/aromatic N) is 1. The summed E-state index contributed by atoms with van der Waals surface area (Å²) < 4.78 is 5.56. The van der Waals surface area contributed by atoms with Crippen LogP contribution in [-0.4, -0.2) is 29.1 Å². The van der Waals surface area contributed by atoms with E-state index in [1.807, 2.05) is 6.92 Å². The summed E-state index contributed by atoms with van der Waals surface area (Å²) in [7, 11) is 0. The van der Waals surface area contributed by atoms with Gasteiger partial charge < -0.3 is 10.1 Å². The molecule has 0 fully saturated rings. The fourth-order valence-electron chi connectivity index (χ4n) is 1.49. The molecule has 0 aliphatic rings. The molecular weight excluding hydrogens is 276 g/mol. The molecule has 0 spiro atoms. The molecule has 0 saturated carbocycles. The van der Waals surface area contributed by atoms with Gasteiger partial charge in [-0.25, -0.2) is 0 Å². The lowest BCUT2D eigenvalue weighted by Crippen LogP contribution is -2.25. The Balaban J connectivity index is 2.86. The highest BCUT2D eigenvalue weighted by Gasteiger charge is 2.18. The summed E-state index contributed by atoms with van der Waals surface area (Å²) in [6.07, 6.45) is 2.88. The third kappa shape index (κ3) is 4.92. The number of hydrogen-bond donors (Lipinski definition) is 1. The van der Waals surface area contributed by atoms with Crippen LogP contribution < -0.4 is 10.1 Å². The second kappa shape index (κ2) is 7.38. The van der Waals surface area contributed by atoms with Crippen molar-refractivity contribution in [2.24, 2.45) is 0 Å². The maximum atomic E-state index is 11.0. The van der Waals surface area contributed by atoms with Gasteiger partial charge in [0.15, 0.2) is 5.75 Å². The van der Waals surface area contributed by atoms with E-state index in [0.29, 0.717) is 12.4 Å². The van der Waals surface area contributed by atoms with E-state index in [1.165, 1.54) is 6.07 Å². The van der Waals surface area contributed by atoms with Crippen LogP contribution in [0.1, 0.15) is 27.2 Å². The van der Waals surface area contributed by atoms with E-state index in [2.05, 4.69) is 25.4 Å². The van der Waals surface area contributed by atoms with Gasteiger partial charge in [-0.3, -0.25) is 10.1 Å². The molecule has 0 unspecified atom stereocenters. The Kier molecular flexibility index (Phi) is 6.13. The summed E-state index contributed by atoms with van der Waals surface area (Å²) in [4.78, 5) is 10.5. The molecule has 0 heterocycles. The highest BCUT2D eigenvalue weighted by atomic mass is 32.2. The van der Waals surface area contributed by atoms with Crippen LogP contribution in [0, 0.1) is 10.1 Å². The first-order valence-corrected chi connectivity index (χ1v) is 7.82. The van der Waals surface area contributed by atoms with Crippen molar-refractivity contribution < 1.29 is 9.66 Å². The van der Waals surface area contributed by atoms with Crippen LogP contribution in [0.4, 0.5) is 11.4 Å². The van der Waals surface area contributed by atoms with Crippen LogP contribution in [0.25, 0.3) is 0 Å². The molecule has 5 nitrogen and oxygen atoms in total. The minimum absolute atomic E-state index is 0.00752. The summed E-state index contributed by atoms with van der Waals surface area (Å²) in [5.41, 5.74) is 0.844. The number of ether oxygens (including phenoxy) is 1. The highest BCUT2D eigenvalue weighted by Crippen LogP contribution is 2.31. The van der Waals surface area contributed by atoms with Gasteiger partial charge in [-0.05, 0) is 32.6 Å². The van der Waals surface area contributed by atoms with Gasteiger partial charge in [-0.2, -0.15) is 11.8 Å². The quantitative estimate of drug-likeness (QED) is 0.582. The van der Waals surface area contributed by atoms with Gasteiger partial charge in [0.1, 0.15) is 0 Å². The van der Waals surface area contributed by atoms with Crippen LogP contribution in [-0.2, 0) is 0 Å². The van der Waals surface area contributed by atoms with Crippen LogP contribution in [0.3, 0.4) is 0 Å². The van der Waals surface area contributed by atoms with Crippen LogP contribution >= 0.6 is 11.8 Å². The number of nitrogens with one attached hydrogen (secondary N) is 1. The highest BCUT2D eigenvalue weighted by molar-refractivity contribution is 7.99. The van der Waals surface area contributed by atoms with Crippen molar-refractivity contribution in [1.82, 2.24) is 0 Å². The smallest absolute Gasteiger partial charge is 0.311 e. The summed E-state index contributed by atoms with van der Waals surface area (Å²) in [6, 6.07) is 4.90. The van der Waals surface area contributed by atoms with Crippen molar-refractivity contribution in [3.8, 4) is 5.75 Å². The van der Waals surface area contributed by atoms with Crippen molar-refractivity contribution in [3.63, 3.8) is 0 Å². The minimum atomic E-state index is -0.416. The predicted octanol–water partition coefficient (Wildman–Crippen LogP) is 3.94. The van der Waals surface area contributed by atoms with Crippen molar-refractivity contribution in [2.45, 2.75) is 31.9 Å². The number of nitro benzene ring substituents is 1. The van der Waals surface area contributed by atoms with Crippen molar-refractivity contribution in [3.05, 3.63) is 28.3 Å². The van der Waals surface area contributed by atoms with E-state index in [1.54, 1.807) is 23.9 Å². The average Bonchev–Trinajstić information content (AvgIpc) is 2.42. The van der Waals surface area contributed by atoms with E-state index >= 15 is 0 Å². The van der Waals surface area contributed by atoms with Crippen LogP contribution in [0.2, 0.25) is 0 Å². The molecule has 0 atom stereocenters. The number of nitro groups is 1. The Hall–Kier alpha value is -1.43. The minimum Gasteiger partial charge on any atom is -0.487 e. The van der Waals surface area contributed by atoms with Gasteiger partial charge in [0.25, 0.3) is 0 Å². The molecule has 1 aromatic rings. The fourth-order valence-corrected chi connectivity index (χ4v) is 1.71. The Morgan fingerprint density at radius 2 is 2.15 bits per heavy atom. The first-order valence-electron chi connectivity index (χ1n) is 6.60. The predicted molar refractivity (Wildman–Crippen MR) is 85.0 cm³/mol. The monoisotopic (exact) mass is 298 g/mol. The van der Waals surface area contributed by atoms with Crippen molar-refractivity contribution >= 4 is 23.1 Å².